The number of unbranched alkanes of at least 4 members (excludes halogenated alkanes) is 1. The van der Waals surface area contributed by atoms with E-state index < -0.39 is 0 Å². The molecule has 1 atom stereocenters. The third-order valence-corrected chi connectivity index (χ3v) is 3.25. The van der Waals surface area contributed by atoms with Gasteiger partial charge in [0.05, 0.1) is 26.4 Å². The summed E-state index contributed by atoms with van der Waals surface area (Å²) in [7, 11) is 0. The molecule has 0 aromatic carbocycles. The van der Waals surface area contributed by atoms with Crippen LogP contribution in [-0.4, -0.2) is 58.8 Å². The van der Waals surface area contributed by atoms with Gasteiger partial charge in [-0.25, -0.2) is 4.79 Å². The molecule has 0 aliphatic heterocycles. The van der Waals surface area contributed by atoms with Gasteiger partial charge in [-0.05, 0) is 18.9 Å². The molecule has 132 valence electrons. The summed E-state index contributed by atoms with van der Waals surface area (Å²) in [4.78, 5) is 11.3. The van der Waals surface area contributed by atoms with Crippen molar-refractivity contribution in [3.63, 3.8) is 0 Å². The Hall–Kier alpha value is -0.850. The average molecular weight is 318 g/mol. The molecule has 1 unspecified atom stereocenters. The number of alkyl carbamates (subject to hydrolysis) is 1. The van der Waals surface area contributed by atoms with Crippen LogP contribution in [0, 0.1) is 5.92 Å². The summed E-state index contributed by atoms with van der Waals surface area (Å²) in [6.45, 7) is 11.4. The summed E-state index contributed by atoms with van der Waals surface area (Å²) in [5, 5.41) is 6.03. The Morgan fingerprint density at radius 2 is 1.68 bits per heavy atom. The number of ether oxygens (including phenoxy) is 3. The second kappa shape index (κ2) is 16.5. The summed E-state index contributed by atoms with van der Waals surface area (Å²) < 4.78 is 15.7. The predicted octanol–water partition coefficient (Wildman–Crippen LogP) is 2.18. The Morgan fingerprint density at radius 1 is 1.00 bits per heavy atom. The van der Waals surface area contributed by atoms with Crippen molar-refractivity contribution in [3.8, 4) is 0 Å². The van der Waals surface area contributed by atoms with Gasteiger partial charge in [-0.3, -0.25) is 0 Å². The second-order valence-corrected chi connectivity index (χ2v) is 5.36. The number of carbonyl (C=O) groups is 1. The Labute approximate surface area is 135 Å². The van der Waals surface area contributed by atoms with Crippen molar-refractivity contribution >= 4 is 6.09 Å². The maximum atomic E-state index is 11.3. The van der Waals surface area contributed by atoms with E-state index in [9.17, 15) is 4.79 Å². The van der Waals surface area contributed by atoms with Crippen molar-refractivity contribution in [2.45, 2.75) is 40.0 Å². The van der Waals surface area contributed by atoms with E-state index in [0.717, 1.165) is 19.5 Å². The van der Waals surface area contributed by atoms with Gasteiger partial charge >= 0.3 is 6.09 Å². The number of hydrogen-bond acceptors (Lipinski definition) is 5. The number of rotatable bonds is 15. The smallest absolute Gasteiger partial charge is 0.407 e. The van der Waals surface area contributed by atoms with Crippen LogP contribution in [0.2, 0.25) is 0 Å². The molecule has 0 saturated heterocycles. The quantitative estimate of drug-likeness (QED) is 0.453. The minimum absolute atomic E-state index is 0.269. The van der Waals surface area contributed by atoms with E-state index in [2.05, 4.69) is 31.4 Å². The fourth-order valence-corrected chi connectivity index (χ4v) is 1.54. The maximum Gasteiger partial charge on any atom is 0.407 e. The first-order valence-corrected chi connectivity index (χ1v) is 8.47. The highest BCUT2D eigenvalue weighted by atomic mass is 16.6. The third-order valence-electron chi connectivity index (χ3n) is 3.25. The van der Waals surface area contributed by atoms with E-state index in [1.54, 1.807) is 0 Å². The van der Waals surface area contributed by atoms with Crippen molar-refractivity contribution in [2.75, 3.05) is 52.7 Å². The molecule has 6 heteroatoms. The van der Waals surface area contributed by atoms with Crippen LogP contribution in [0.5, 0.6) is 0 Å². The van der Waals surface area contributed by atoms with Gasteiger partial charge in [-0.2, -0.15) is 0 Å². The minimum atomic E-state index is -0.377. The normalized spacial score (nSPS) is 12.1. The summed E-state index contributed by atoms with van der Waals surface area (Å²) in [6, 6.07) is 0. The van der Waals surface area contributed by atoms with E-state index in [-0.39, 0.29) is 12.7 Å². The highest BCUT2D eigenvalue weighted by Crippen LogP contribution is 1.97. The van der Waals surface area contributed by atoms with Gasteiger partial charge in [0, 0.05) is 13.1 Å². The lowest BCUT2D eigenvalue weighted by Gasteiger charge is -2.11. The molecule has 6 nitrogen and oxygen atoms in total. The molecule has 0 aromatic heterocycles. The second-order valence-electron chi connectivity index (χ2n) is 5.36. The fourth-order valence-electron chi connectivity index (χ4n) is 1.54. The molecule has 0 saturated carbocycles. The summed E-state index contributed by atoms with van der Waals surface area (Å²) in [5.74, 6) is 0.470. The van der Waals surface area contributed by atoms with E-state index >= 15 is 0 Å². The SMILES string of the molecule is CCCCNCCOCCOCCOC(=O)NCC(C)CC. The Morgan fingerprint density at radius 3 is 2.36 bits per heavy atom. The van der Waals surface area contributed by atoms with Crippen molar-refractivity contribution in [1.29, 1.82) is 0 Å². The number of amides is 1. The zero-order valence-corrected chi connectivity index (χ0v) is 14.5. The van der Waals surface area contributed by atoms with Crippen molar-refractivity contribution < 1.29 is 19.0 Å². The molecule has 22 heavy (non-hydrogen) atoms. The molecule has 2 N–H and O–H groups in total. The molecule has 0 aliphatic rings. The number of carbonyl (C=O) groups excluding carboxylic acids is 1. The summed E-state index contributed by atoms with van der Waals surface area (Å²) in [5.41, 5.74) is 0. The largest absolute Gasteiger partial charge is 0.447 e. The highest BCUT2D eigenvalue weighted by Gasteiger charge is 2.04. The van der Waals surface area contributed by atoms with Crippen LogP contribution < -0.4 is 10.6 Å². The van der Waals surface area contributed by atoms with Crippen molar-refractivity contribution in [3.05, 3.63) is 0 Å². The first-order valence-electron chi connectivity index (χ1n) is 8.47. The summed E-state index contributed by atoms with van der Waals surface area (Å²) >= 11 is 0. The molecule has 0 radical (unpaired) electrons. The average Bonchev–Trinajstić information content (AvgIpc) is 2.53. The minimum Gasteiger partial charge on any atom is -0.447 e. The first-order chi connectivity index (χ1) is 10.7. The van der Waals surface area contributed by atoms with Gasteiger partial charge in [-0.1, -0.05) is 33.6 Å². The van der Waals surface area contributed by atoms with Gasteiger partial charge in [0.15, 0.2) is 0 Å². The molecule has 0 aromatic rings. The molecule has 0 aliphatic carbocycles. The monoisotopic (exact) mass is 318 g/mol. The summed E-state index contributed by atoms with van der Waals surface area (Å²) in [6.07, 6.45) is 3.07. The standard InChI is InChI=1S/C16H34N2O4/c1-4-6-7-17-8-9-20-10-11-21-12-13-22-16(19)18-14-15(3)5-2/h15,17H,4-14H2,1-3H3,(H,18,19). The Kier molecular flexibility index (Phi) is 15.9. The van der Waals surface area contributed by atoms with Crippen LogP contribution in [0.15, 0.2) is 0 Å². The number of nitrogens with one attached hydrogen (secondary N) is 2. The lowest BCUT2D eigenvalue weighted by molar-refractivity contribution is 0.0288. The molecule has 0 spiro atoms. The van der Waals surface area contributed by atoms with Crippen LogP contribution >= 0.6 is 0 Å². The molecule has 0 heterocycles. The first kappa shape index (κ1) is 21.1. The number of hydrogen-bond donors (Lipinski definition) is 2. The molecule has 1 amide bonds. The Bertz CT molecular complexity index is 252. The van der Waals surface area contributed by atoms with Gasteiger partial charge in [0.25, 0.3) is 0 Å². The van der Waals surface area contributed by atoms with E-state index in [1.807, 2.05) is 0 Å². The zero-order chi connectivity index (χ0) is 16.5. The Balaban J connectivity index is 3.15. The van der Waals surface area contributed by atoms with Crippen LogP contribution in [0.3, 0.4) is 0 Å². The van der Waals surface area contributed by atoms with Crippen LogP contribution in [0.4, 0.5) is 4.79 Å². The lowest BCUT2D eigenvalue weighted by atomic mass is 10.1. The van der Waals surface area contributed by atoms with Crippen LogP contribution in [0.1, 0.15) is 40.0 Å². The molecular formula is C16H34N2O4. The maximum absolute atomic E-state index is 11.3. The van der Waals surface area contributed by atoms with E-state index in [1.165, 1.54) is 12.8 Å². The lowest BCUT2D eigenvalue weighted by Crippen LogP contribution is -2.29. The third kappa shape index (κ3) is 15.5. The van der Waals surface area contributed by atoms with E-state index in [0.29, 0.717) is 38.9 Å². The van der Waals surface area contributed by atoms with Crippen molar-refractivity contribution in [1.82, 2.24) is 10.6 Å². The highest BCUT2D eigenvalue weighted by molar-refractivity contribution is 5.67. The molecule has 0 fully saturated rings. The van der Waals surface area contributed by atoms with Crippen LogP contribution in [0.25, 0.3) is 0 Å². The van der Waals surface area contributed by atoms with Crippen LogP contribution in [-0.2, 0) is 14.2 Å². The van der Waals surface area contributed by atoms with E-state index in [4.69, 9.17) is 14.2 Å². The zero-order valence-electron chi connectivity index (χ0n) is 14.5. The molecular weight excluding hydrogens is 284 g/mol. The van der Waals surface area contributed by atoms with Gasteiger partial charge < -0.3 is 24.8 Å². The van der Waals surface area contributed by atoms with Crippen molar-refractivity contribution in [2.24, 2.45) is 5.92 Å². The van der Waals surface area contributed by atoms with Gasteiger partial charge in [0.1, 0.15) is 6.61 Å². The molecule has 0 bridgehead atoms. The topological polar surface area (TPSA) is 68.8 Å². The predicted molar refractivity (Wildman–Crippen MR) is 88.2 cm³/mol. The van der Waals surface area contributed by atoms with Gasteiger partial charge in [0.2, 0.25) is 0 Å². The fraction of sp³-hybridized carbons (Fsp3) is 0.938. The van der Waals surface area contributed by atoms with Gasteiger partial charge in [-0.15, -0.1) is 0 Å². The molecule has 0 rings (SSSR count).